The van der Waals surface area contributed by atoms with E-state index in [0.717, 1.165) is 70.6 Å². The van der Waals surface area contributed by atoms with Crippen LogP contribution in [0.1, 0.15) is 162 Å². The van der Waals surface area contributed by atoms with Gasteiger partial charge in [-0.25, -0.2) is 0 Å². The minimum atomic E-state index is -1.70. The van der Waals surface area contributed by atoms with Gasteiger partial charge in [-0.2, -0.15) is 0 Å². The van der Waals surface area contributed by atoms with Gasteiger partial charge in [0.2, 0.25) is 0 Å². The van der Waals surface area contributed by atoms with E-state index in [1.807, 2.05) is 0 Å². The molecule has 7 N–H and O–H groups in total. The van der Waals surface area contributed by atoms with Crippen LogP contribution in [0.3, 0.4) is 0 Å². The highest BCUT2D eigenvalue weighted by Gasteiger charge is 2.47. The summed E-state index contributed by atoms with van der Waals surface area (Å²) in [5.41, 5.74) is 0. The molecule has 0 amide bonds. The first kappa shape index (κ1) is 56.3. The van der Waals surface area contributed by atoms with Crippen molar-refractivity contribution in [1.29, 1.82) is 0 Å². The molecule has 14 heteroatoms. The quantitative estimate of drug-likeness (QED) is 0.0209. The standard InChI is InChI=1S/C48H86O14/c1-3-5-7-9-11-12-13-14-15-16-17-18-19-20-21-22-23-24-25-26-28-30-32-57-34-37(60-40(50)31-29-27-10-8-6-4-2)35-58-47-46(56)44(54)42(52)39(62-47)36-59-48-45(55)43(53)41(51)38(33-49)61-48/h13-14,16-17,19-20,37-39,41-49,51-56H,3-12,15,18,21-36H2,1-2H3/b14-13-,17-16-,20-19-. The zero-order valence-corrected chi connectivity index (χ0v) is 38.1. The Kier molecular flexibility index (Phi) is 33.1. The lowest BCUT2D eigenvalue weighted by Gasteiger charge is -2.42. The average Bonchev–Trinajstić information content (AvgIpc) is 3.27. The number of hydrogen-bond donors (Lipinski definition) is 7. The SMILES string of the molecule is CCCCCCC/C=C\C/C=C\C/C=C\CCCCCCCCCOCC(COC1OC(COC2OC(CO)C(O)C(O)C2O)C(O)C(O)C1O)OC(=O)CCCCCCCC. The molecule has 0 saturated carbocycles. The Hall–Kier alpha value is -1.79. The molecule has 2 fully saturated rings. The maximum absolute atomic E-state index is 12.8. The summed E-state index contributed by atoms with van der Waals surface area (Å²) in [6, 6.07) is 0. The summed E-state index contributed by atoms with van der Waals surface area (Å²) >= 11 is 0. The second kappa shape index (κ2) is 36.4. The molecule has 0 bridgehead atoms. The second-order valence-electron chi connectivity index (χ2n) is 16.9. The zero-order chi connectivity index (χ0) is 45.2. The van der Waals surface area contributed by atoms with Gasteiger partial charge in [-0.3, -0.25) is 4.79 Å². The van der Waals surface area contributed by atoms with Crippen LogP contribution in [0.2, 0.25) is 0 Å². The van der Waals surface area contributed by atoms with Crippen LogP contribution in [0.4, 0.5) is 0 Å². The number of rotatable bonds is 37. The third kappa shape index (κ3) is 24.5. The lowest BCUT2D eigenvalue weighted by atomic mass is 9.98. The fraction of sp³-hybridized carbons (Fsp3) is 0.854. The maximum Gasteiger partial charge on any atom is 0.306 e. The largest absolute Gasteiger partial charge is 0.457 e. The van der Waals surface area contributed by atoms with Crippen molar-refractivity contribution in [3.8, 4) is 0 Å². The average molecular weight is 887 g/mol. The van der Waals surface area contributed by atoms with Gasteiger partial charge in [-0.15, -0.1) is 0 Å². The molecule has 2 aliphatic heterocycles. The number of aliphatic hydroxyl groups is 7. The Morgan fingerprint density at radius 2 is 1.00 bits per heavy atom. The van der Waals surface area contributed by atoms with Gasteiger partial charge in [0.05, 0.1) is 26.4 Å². The molecule has 62 heavy (non-hydrogen) atoms. The van der Waals surface area contributed by atoms with Crippen LogP contribution in [0.25, 0.3) is 0 Å². The fourth-order valence-corrected chi connectivity index (χ4v) is 7.41. The summed E-state index contributed by atoms with van der Waals surface area (Å²) in [7, 11) is 0. The molecule has 2 heterocycles. The van der Waals surface area contributed by atoms with E-state index in [0.29, 0.717) is 13.0 Å². The van der Waals surface area contributed by atoms with Gasteiger partial charge < -0.3 is 64.2 Å². The third-order valence-electron chi connectivity index (χ3n) is 11.4. The minimum Gasteiger partial charge on any atom is -0.457 e. The minimum absolute atomic E-state index is 0.0551. The van der Waals surface area contributed by atoms with Gasteiger partial charge in [-0.05, 0) is 51.4 Å². The number of hydrogen-bond acceptors (Lipinski definition) is 14. The van der Waals surface area contributed by atoms with E-state index in [4.69, 9.17) is 28.4 Å². The molecule has 2 saturated heterocycles. The number of carbonyl (C=O) groups is 1. The van der Waals surface area contributed by atoms with E-state index in [-0.39, 0.29) is 19.6 Å². The predicted octanol–water partition coefficient (Wildman–Crippen LogP) is 6.24. The Morgan fingerprint density at radius 3 is 1.56 bits per heavy atom. The molecule has 2 rings (SSSR count). The molecule has 2 aliphatic rings. The van der Waals surface area contributed by atoms with Gasteiger partial charge in [0.1, 0.15) is 54.9 Å². The van der Waals surface area contributed by atoms with Crippen LogP contribution in [0.5, 0.6) is 0 Å². The summed E-state index contributed by atoms with van der Waals surface area (Å²) < 4.78 is 34.0. The summed E-state index contributed by atoms with van der Waals surface area (Å²) in [4.78, 5) is 12.8. The second-order valence-corrected chi connectivity index (χ2v) is 16.9. The number of aliphatic hydroxyl groups excluding tert-OH is 7. The van der Waals surface area contributed by atoms with Gasteiger partial charge in [0, 0.05) is 13.0 Å². The van der Waals surface area contributed by atoms with E-state index in [1.54, 1.807) is 0 Å². The van der Waals surface area contributed by atoms with Crippen molar-refractivity contribution in [2.45, 2.75) is 229 Å². The summed E-state index contributed by atoms with van der Waals surface area (Å²) in [6.07, 6.45) is 22.5. The summed E-state index contributed by atoms with van der Waals surface area (Å²) in [5.74, 6) is -0.390. The lowest BCUT2D eigenvalue weighted by molar-refractivity contribution is -0.332. The first-order valence-corrected chi connectivity index (χ1v) is 24.1. The molecule has 0 spiro atoms. The van der Waals surface area contributed by atoms with Crippen molar-refractivity contribution in [1.82, 2.24) is 0 Å². The Balaban J connectivity index is 1.70. The zero-order valence-electron chi connectivity index (χ0n) is 38.1. The first-order valence-electron chi connectivity index (χ1n) is 24.1. The highest BCUT2D eigenvalue weighted by atomic mass is 16.7. The number of carbonyl (C=O) groups excluding carboxylic acids is 1. The maximum atomic E-state index is 12.8. The monoisotopic (exact) mass is 887 g/mol. The van der Waals surface area contributed by atoms with Crippen LogP contribution in [-0.2, 0) is 33.2 Å². The highest BCUT2D eigenvalue weighted by Crippen LogP contribution is 2.26. The summed E-state index contributed by atoms with van der Waals surface area (Å²) in [5, 5.41) is 71.8. The molecule has 0 aromatic rings. The highest BCUT2D eigenvalue weighted by molar-refractivity contribution is 5.69. The number of ether oxygens (including phenoxy) is 6. The van der Waals surface area contributed by atoms with Crippen molar-refractivity contribution in [3.63, 3.8) is 0 Å². The smallest absolute Gasteiger partial charge is 0.306 e. The van der Waals surface area contributed by atoms with Gasteiger partial charge >= 0.3 is 5.97 Å². The van der Waals surface area contributed by atoms with Crippen molar-refractivity contribution < 1.29 is 69.0 Å². The van der Waals surface area contributed by atoms with E-state index in [1.165, 1.54) is 64.2 Å². The Labute approximate surface area is 372 Å². The van der Waals surface area contributed by atoms with Gasteiger partial charge in [0.15, 0.2) is 12.6 Å². The van der Waals surface area contributed by atoms with E-state index in [2.05, 4.69) is 50.3 Å². The molecule has 11 unspecified atom stereocenters. The van der Waals surface area contributed by atoms with E-state index in [9.17, 15) is 40.5 Å². The lowest BCUT2D eigenvalue weighted by Crippen LogP contribution is -2.61. The molecule has 0 aliphatic carbocycles. The van der Waals surface area contributed by atoms with E-state index < -0.39 is 86.7 Å². The van der Waals surface area contributed by atoms with Crippen LogP contribution in [-0.4, -0.2) is 142 Å². The third-order valence-corrected chi connectivity index (χ3v) is 11.4. The molecule has 0 aromatic heterocycles. The van der Waals surface area contributed by atoms with Crippen molar-refractivity contribution in [3.05, 3.63) is 36.5 Å². The van der Waals surface area contributed by atoms with Crippen LogP contribution in [0, 0.1) is 0 Å². The fourth-order valence-electron chi connectivity index (χ4n) is 7.41. The van der Waals surface area contributed by atoms with E-state index >= 15 is 0 Å². The molecule has 0 radical (unpaired) electrons. The van der Waals surface area contributed by atoms with Gasteiger partial charge in [-0.1, -0.05) is 140 Å². The first-order chi connectivity index (χ1) is 30.1. The number of allylic oxidation sites excluding steroid dienone is 6. The molecule has 362 valence electrons. The molecule has 11 atom stereocenters. The summed E-state index contributed by atoms with van der Waals surface area (Å²) in [6.45, 7) is 3.57. The van der Waals surface area contributed by atoms with Crippen molar-refractivity contribution >= 4 is 5.97 Å². The molecule has 0 aromatic carbocycles. The van der Waals surface area contributed by atoms with Crippen molar-refractivity contribution in [2.75, 3.05) is 33.0 Å². The number of unbranched alkanes of at least 4 members (excludes halogenated alkanes) is 17. The Bertz CT molecular complexity index is 1170. The number of esters is 1. The predicted molar refractivity (Wildman–Crippen MR) is 238 cm³/mol. The van der Waals surface area contributed by atoms with Crippen LogP contribution in [0.15, 0.2) is 36.5 Å². The Morgan fingerprint density at radius 1 is 0.532 bits per heavy atom. The van der Waals surface area contributed by atoms with Gasteiger partial charge in [0.25, 0.3) is 0 Å². The molecule has 14 nitrogen and oxygen atoms in total. The topological polar surface area (TPSA) is 214 Å². The normalized spacial score (nSPS) is 27.5. The molecular weight excluding hydrogens is 801 g/mol. The van der Waals surface area contributed by atoms with Crippen molar-refractivity contribution in [2.24, 2.45) is 0 Å². The molecular formula is C48H86O14. The van der Waals surface area contributed by atoms with Crippen LogP contribution >= 0.6 is 0 Å². The van der Waals surface area contributed by atoms with Crippen LogP contribution < -0.4 is 0 Å².